The summed E-state index contributed by atoms with van der Waals surface area (Å²) in [4.78, 5) is 22.8. The minimum Gasteiger partial charge on any atom is -0.307 e. The highest BCUT2D eigenvalue weighted by molar-refractivity contribution is 6.32. The van der Waals surface area contributed by atoms with Crippen molar-refractivity contribution in [1.82, 2.24) is 0 Å². The van der Waals surface area contributed by atoms with Crippen molar-refractivity contribution in [3.05, 3.63) is 62.7 Å². The molecule has 2 N–H and O–H groups in total. The van der Waals surface area contributed by atoms with Crippen LogP contribution in [0.3, 0.4) is 0 Å². The van der Waals surface area contributed by atoms with Crippen LogP contribution in [-0.4, -0.2) is 11.0 Å². The summed E-state index contributed by atoms with van der Waals surface area (Å²) >= 11 is 6.21. The summed E-state index contributed by atoms with van der Waals surface area (Å²) in [7, 11) is 0. The van der Waals surface area contributed by atoms with E-state index >= 15 is 0 Å². The zero-order valence-corrected chi connectivity index (χ0v) is 14.2. The Kier molecular flexibility index (Phi) is 5.76. The number of nitrogens with zero attached hydrogens (tertiary/aromatic N) is 1. The molecule has 0 aliphatic rings. The highest BCUT2D eigenvalue weighted by atomic mass is 35.5. The van der Waals surface area contributed by atoms with E-state index in [1.54, 1.807) is 12.1 Å². The Labute approximate surface area is 145 Å². The van der Waals surface area contributed by atoms with Crippen LogP contribution in [0.4, 0.5) is 21.9 Å². The Bertz CT molecular complexity index is 778. The molecular weight excluding hydrogens is 330 g/mol. The lowest BCUT2D eigenvalue weighted by Gasteiger charge is -2.16. The van der Waals surface area contributed by atoms with E-state index in [1.807, 2.05) is 26.0 Å². The first-order valence-electron chi connectivity index (χ1n) is 7.59. The van der Waals surface area contributed by atoms with Crippen molar-refractivity contribution < 1.29 is 9.72 Å². The molecule has 2 amide bonds. The molecule has 2 rings (SSSR count). The second kappa shape index (κ2) is 7.79. The van der Waals surface area contributed by atoms with Crippen LogP contribution in [0.5, 0.6) is 0 Å². The summed E-state index contributed by atoms with van der Waals surface area (Å²) in [6.07, 6.45) is 1.39. The molecular formula is C17H18ClN3O3. The number of para-hydroxylation sites is 2. The molecule has 126 valence electrons. The summed E-state index contributed by atoms with van der Waals surface area (Å²) < 4.78 is 0. The van der Waals surface area contributed by atoms with Crippen LogP contribution in [0.15, 0.2) is 36.4 Å². The Balaban J connectivity index is 2.28. The first-order chi connectivity index (χ1) is 11.5. The van der Waals surface area contributed by atoms with E-state index in [1.165, 1.54) is 12.1 Å². The van der Waals surface area contributed by atoms with Crippen LogP contribution in [0, 0.1) is 10.1 Å². The fourth-order valence-electron chi connectivity index (χ4n) is 2.47. The van der Waals surface area contributed by atoms with Crippen LogP contribution in [0.25, 0.3) is 0 Å². The first-order valence-corrected chi connectivity index (χ1v) is 7.97. The zero-order chi connectivity index (χ0) is 17.7. The molecule has 24 heavy (non-hydrogen) atoms. The van der Waals surface area contributed by atoms with E-state index in [9.17, 15) is 14.9 Å². The number of carbonyl (C=O) groups is 1. The number of hydrogen-bond acceptors (Lipinski definition) is 3. The smallest absolute Gasteiger partial charge is 0.307 e. The largest absolute Gasteiger partial charge is 0.323 e. The van der Waals surface area contributed by atoms with Crippen molar-refractivity contribution in [1.29, 1.82) is 0 Å². The monoisotopic (exact) mass is 347 g/mol. The number of amides is 2. The van der Waals surface area contributed by atoms with Crippen molar-refractivity contribution in [3.8, 4) is 0 Å². The van der Waals surface area contributed by atoms with Gasteiger partial charge in [0, 0.05) is 11.1 Å². The molecule has 0 radical (unpaired) electrons. The summed E-state index contributed by atoms with van der Waals surface area (Å²) in [6.45, 7) is 3.93. The molecule has 0 fully saturated rings. The van der Waals surface area contributed by atoms with E-state index in [4.69, 9.17) is 11.6 Å². The summed E-state index contributed by atoms with van der Waals surface area (Å²) in [5, 5.41) is 16.9. The number of anilines is 2. The minimum absolute atomic E-state index is 0.137. The lowest BCUT2D eigenvalue weighted by Crippen LogP contribution is -2.22. The van der Waals surface area contributed by atoms with Crippen LogP contribution in [0.2, 0.25) is 5.02 Å². The van der Waals surface area contributed by atoms with Crippen molar-refractivity contribution in [2.45, 2.75) is 26.7 Å². The normalized spacial score (nSPS) is 10.3. The highest BCUT2D eigenvalue weighted by Crippen LogP contribution is 2.30. The number of rotatable bonds is 5. The number of aryl methyl sites for hydroxylation is 1. The van der Waals surface area contributed by atoms with Gasteiger partial charge < -0.3 is 10.6 Å². The SMILES string of the molecule is CCc1ccc(Cl)c(CC)c1NC(=O)Nc1ccccc1[N+](=O)[O-]. The van der Waals surface area contributed by atoms with Gasteiger partial charge in [-0.1, -0.05) is 43.6 Å². The van der Waals surface area contributed by atoms with Gasteiger partial charge in [-0.2, -0.15) is 0 Å². The van der Waals surface area contributed by atoms with Gasteiger partial charge in [-0.05, 0) is 36.1 Å². The van der Waals surface area contributed by atoms with Gasteiger partial charge in [0.25, 0.3) is 5.69 Å². The quantitative estimate of drug-likeness (QED) is 0.588. The topological polar surface area (TPSA) is 84.3 Å². The molecule has 2 aromatic carbocycles. The summed E-state index contributed by atoms with van der Waals surface area (Å²) in [6, 6.07) is 9.11. The van der Waals surface area contributed by atoms with Gasteiger partial charge >= 0.3 is 6.03 Å². The van der Waals surface area contributed by atoms with Gasteiger partial charge in [-0.15, -0.1) is 0 Å². The van der Waals surface area contributed by atoms with E-state index in [0.717, 1.165) is 17.5 Å². The zero-order valence-electron chi connectivity index (χ0n) is 13.4. The maximum Gasteiger partial charge on any atom is 0.323 e. The molecule has 0 bridgehead atoms. The maximum atomic E-state index is 12.3. The van der Waals surface area contributed by atoms with Crippen LogP contribution >= 0.6 is 11.6 Å². The van der Waals surface area contributed by atoms with E-state index in [0.29, 0.717) is 17.1 Å². The number of halogens is 1. The lowest BCUT2D eigenvalue weighted by molar-refractivity contribution is -0.383. The number of nitrogens with one attached hydrogen (secondary N) is 2. The van der Waals surface area contributed by atoms with Crippen molar-refractivity contribution in [3.63, 3.8) is 0 Å². The molecule has 0 aromatic heterocycles. The molecule has 7 heteroatoms. The number of benzene rings is 2. The molecule has 2 aromatic rings. The Hall–Kier alpha value is -2.60. The molecule has 0 aliphatic carbocycles. The standard InChI is InChI=1S/C17H18ClN3O3/c1-3-11-9-10-13(18)12(4-2)16(11)20-17(22)19-14-7-5-6-8-15(14)21(23)24/h5-10H,3-4H2,1-2H3,(H2,19,20,22). The second-order valence-corrected chi connectivity index (χ2v) is 5.53. The number of nitro groups is 1. The molecule has 0 saturated heterocycles. The van der Waals surface area contributed by atoms with Gasteiger partial charge in [-0.3, -0.25) is 10.1 Å². The van der Waals surface area contributed by atoms with Crippen LogP contribution < -0.4 is 10.6 Å². The lowest BCUT2D eigenvalue weighted by atomic mass is 10.0. The highest BCUT2D eigenvalue weighted by Gasteiger charge is 2.17. The molecule has 0 atom stereocenters. The number of hydrogen-bond donors (Lipinski definition) is 2. The fraction of sp³-hybridized carbons (Fsp3) is 0.235. The second-order valence-electron chi connectivity index (χ2n) is 5.12. The molecule has 0 heterocycles. The number of urea groups is 1. The molecule has 0 saturated carbocycles. The third-order valence-corrected chi connectivity index (χ3v) is 4.02. The summed E-state index contributed by atoms with van der Waals surface area (Å²) in [5.41, 5.74) is 2.43. The third kappa shape index (κ3) is 3.83. The van der Waals surface area contributed by atoms with Gasteiger partial charge in [0.2, 0.25) is 0 Å². The third-order valence-electron chi connectivity index (χ3n) is 3.66. The van der Waals surface area contributed by atoms with E-state index in [2.05, 4.69) is 10.6 Å². The van der Waals surface area contributed by atoms with Crippen LogP contribution in [0.1, 0.15) is 25.0 Å². The van der Waals surface area contributed by atoms with Crippen molar-refractivity contribution >= 4 is 34.7 Å². The predicted molar refractivity (Wildman–Crippen MR) is 95.9 cm³/mol. The Morgan fingerprint density at radius 1 is 1.12 bits per heavy atom. The predicted octanol–water partition coefficient (Wildman–Crippen LogP) is 5.02. The van der Waals surface area contributed by atoms with Gasteiger partial charge in [0.1, 0.15) is 5.69 Å². The average Bonchev–Trinajstić information content (AvgIpc) is 2.55. The van der Waals surface area contributed by atoms with Crippen LogP contribution in [-0.2, 0) is 12.8 Å². The van der Waals surface area contributed by atoms with Crippen molar-refractivity contribution in [2.24, 2.45) is 0 Å². The molecule has 0 spiro atoms. The van der Waals surface area contributed by atoms with E-state index < -0.39 is 11.0 Å². The van der Waals surface area contributed by atoms with Crippen molar-refractivity contribution in [2.75, 3.05) is 10.6 Å². The molecule has 0 aliphatic heterocycles. The molecule has 6 nitrogen and oxygen atoms in total. The van der Waals surface area contributed by atoms with Gasteiger partial charge in [0.15, 0.2) is 0 Å². The Morgan fingerprint density at radius 3 is 2.46 bits per heavy atom. The van der Waals surface area contributed by atoms with E-state index in [-0.39, 0.29) is 11.4 Å². The van der Waals surface area contributed by atoms with Gasteiger partial charge in [-0.25, -0.2) is 4.79 Å². The maximum absolute atomic E-state index is 12.3. The minimum atomic E-state index is -0.545. The first kappa shape index (κ1) is 17.7. The van der Waals surface area contributed by atoms with Gasteiger partial charge in [0.05, 0.1) is 10.6 Å². The fourth-order valence-corrected chi connectivity index (χ4v) is 2.76. The average molecular weight is 348 g/mol. The summed E-state index contributed by atoms with van der Waals surface area (Å²) in [5.74, 6) is 0. The number of carbonyl (C=O) groups excluding carboxylic acids is 1. The number of nitro benzene ring substituents is 1. The Morgan fingerprint density at radius 2 is 1.83 bits per heavy atom. The molecule has 0 unspecified atom stereocenters.